The maximum Gasteiger partial charge on any atom is 0.411 e. The van der Waals surface area contributed by atoms with Crippen LogP contribution in [0.4, 0.5) is 13.6 Å². The summed E-state index contributed by atoms with van der Waals surface area (Å²) in [6.45, 7) is 4.07. The van der Waals surface area contributed by atoms with Gasteiger partial charge in [-0.15, -0.1) is 0 Å². The highest BCUT2D eigenvalue weighted by molar-refractivity contribution is 6.33. The molecule has 2 atom stereocenters. The second kappa shape index (κ2) is 13.6. The van der Waals surface area contributed by atoms with Crippen LogP contribution in [0, 0.1) is 5.41 Å². The topological polar surface area (TPSA) is 157 Å². The Morgan fingerprint density at radius 1 is 1.18 bits per heavy atom. The quantitative estimate of drug-likeness (QED) is 0.225. The minimum absolute atomic E-state index is 0.0601. The van der Waals surface area contributed by atoms with Crippen molar-refractivity contribution >= 4 is 29.6 Å². The lowest BCUT2D eigenvalue weighted by Gasteiger charge is -2.35. The zero-order valence-corrected chi connectivity index (χ0v) is 27.9. The normalized spacial score (nSPS) is 19.0. The van der Waals surface area contributed by atoms with Gasteiger partial charge < -0.3 is 15.2 Å². The number of aliphatic imine (C=N–C) groups is 1. The van der Waals surface area contributed by atoms with E-state index in [-0.39, 0.29) is 25.7 Å². The van der Waals surface area contributed by atoms with E-state index in [0.717, 1.165) is 0 Å². The highest BCUT2D eigenvalue weighted by atomic mass is 35.5. The molecule has 2 amide bonds. The molecule has 4 aromatic rings. The smallest absolute Gasteiger partial charge is 0.411 e. The Bertz CT molecular complexity index is 1840. The fourth-order valence-electron chi connectivity index (χ4n) is 6.18. The van der Waals surface area contributed by atoms with E-state index >= 15 is 0 Å². The Morgan fingerprint density at radius 3 is 2.59 bits per heavy atom. The van der Waals surface area contributed by atoms with Crippen molar-refractivity contribution in [2.75, 3.05) is 26.5 Å². The van der Waals surface area contributed by atoms with Crippen molar-refractivity contribution < 1.29 is 27.8 Å². The molecule has 258 valence electrons. The number of aromatic amines is 1. The number of carbonyl (C=O) groups excluding carboxylic acids is 2. The summed E-state index contributed by atoms with van der Waals surface area (Å²) in [7, 11) is 0. The van der Waals surface area contributed by atoms with E-state index in [1.807, 2.05) is 20.8 Å². The maximum absolute atomic E-state index is 14.9. The van der Waals surface area contributed by atoms with Crippen LogP contribution in [0.15, 0.2) is 66.2 Å². The fourth-order valence-corrected chi connectivity index (χ4v) is 6.38. The molecule has 2 aromatic heterocycles. The average Bonchev–Trinajstić information content (AvgIpc) is 3.84. The molecule has 0 aliphatic carbocycles. The number of H-pyrrole nitrogens is 1. The first kappa shape index (κ1) is 34.0. The van der Waals surface area contributed by atoms with Gasteiger partial charge in [0.05, 0.1) is 23.9 Å². The van der Waals surface area contributed by atoms with Crippen LogP contribution >= 0.6 is 11.6 Å². The van der Waals surface area contributed by atoms with Crippen LogP contribution in [0.3, 0.4) is 0 Å². The lowest BCUT2D eigenvalue weighted by Crippen LogP contribution is -2.48. The van der Waals surface area contributed by atoms with E-state index in [1.54, 1.807) is 42.5 Å². The van der Waals surface area contributed by atoms with Gasteiger partial charge in [-0.1, -0.05) is 62.7 Å². The van der Waals surface area contributed by atoms with Crippen molar-refractivity contribution in [2.45, 2.75) is 51.7 Å². The Morgan fingerprint density at radius 2 is 1.96 bits per heavy atom. The first-order chi connectivity index (χ1) is 23.4. The van der Waals surface area contributed by atoms with E-state index in [1.165, 1.54) is 28.5 Å². The zero-order chi connectivity index (χ0) is 34.9. The van der Waals surface area contributed by atoms with Crippen LogP contribution in [-0.2, 0) is 19.8 Å². The van der Waals surface area contributed by atoms with Crippen molar-refractivity contribution in [3.8, 4) is 22.5 Å². The number of halogens is 3. The lowest BCUT2D eigenvalue weighted by molar-refractivity contribution is -0.135. The van der Waals surface area contributed by atoms with Gasteiger partial charge in [0.1, 0.15) is 19.7 Å². The second-order valence-electron chi connectivity index (χ2n) is 13.1. The summed E-state index contributed by atoms with van der Waals surface area (Å²) < 4.78 is 38.1. The molecule has 2 aliphatic rings. The largest absolute Gasteiger partial charge is 0.447 e. The molecule has 0 bridgehead atoms. The number of nitrogens with one attached hydrogen (secondary N) is 1. The van der Waals surface area contributed by atoms with Crippen molar-refractivity contribution in [3.05, 3.63) is 77.3 Å². The van der Waals surface area contributed by atoms with Gasteiger partial charge in [-0.25, -0.2) is 19.5 Å². The summed E-state index contributed by atoms with van der Waals surface area (Å²) in [6, 6.07) is 11.2. The van der Waals surface area contributed by atoms with Crippen LogP contribution in [-0.4, -0.2) is 79.2 Å². The molecule has 0 radical (unpaired) electrons. The first-order valence-electron chi connectivity index (χ1n) is 15.6. The van der Waals surface area contributed by atoms with Crippen LogP contribution < -0.4 is 5.73 Å². The number of alkyl halides is 2. The molecule has 0 unspecified atom stereocenters. The second-order valence-corrected chi connectivity index (χ2v) is 13.5. The summed E-state index contributed by atoms with van der Waals surface area (Å²) in [5, 5.41) is 10.8. The number of hydrogen-bond donors (Lipinski definition) is 2. The number of rotatable bonds is 9. The third-order valence-corrected chi connectivity index (χ3v) is 8.68. The molecular weight excluding hydrogens is 660 g/mol. The number of guanidine groups is 1. The number of hydrogen-bond acceptors (Lipinski definition) is 9. The van der Waals surface area contributed by atoms with E-state index < -0.39 is 35.5 Å². The molecule has 0 spiro atoms. The van der Waals surface area contributed by atoms with Crippen molar-refractivity contribution in [2.24, 2.45) is 16.1 Å². The van der Waals surface area contributed by atoms with E-state index in [2.05, 4.69) is 20.3 Å². The van der Waals surface area contributed by atoms with Crippen LogP contribution in [0.2, 0.25) is 5.02 Å². The van der Waals surface area contributed by atoms with Crippen LogP contribution in [0.25, 0.3) is 22.5 Å². The molecule has 6 rings (SSSR count). The summed E-state index contributed by atoms with van der Waals surface area (Å²) >= 11 is 6.55. The number of nitrogens with zero attached hydrogens (tertiary/aromatic N) is 7. The minimum atomic E-state index is -2.77. The van der Waals surface area contributed by atoms with Gasteiger partial charge in [0.15, 0.2) is 17.3 Å². The lowest BCUT2D eigenvalue weighted by atomic mass is 9.75. The number of amides is 2. The molecule has 49 heavy (non-hydrogen) atoms. The van der Waals surface area contributed by atoms with Gasteiger partial charge in [-0.3, -0.25) is 19.7 Å². The minimum Gasteiger partial charge on any atom is -0.447 e. The molecule has 2 aromatic carbocycles. The number of nitrogens with two attached hydrogens (primary N) is 1. The summed E-state index contributed by atoms with van der Waals surface area (Å²) in [6.07, 6.45) is 4.31. The van der Waals surface area contributed by atoms with E-state index in [0.29, 0.717) is 62.9 Å². The fraction of sp³-hybridized carbons (Fsp3) is 0.394. The standard InChI is InChI=1S/C33H36ClF2N9O4/c1-32(2,3)17-33(23-8-5-20(6-9-23)22-14-40-44(15-22)29(35)36)28(46)45(30(37)41-33)26(16-49-31(47)43-11-4-12-48-19-43)21-7-10-25(34)24(13-21)27-38-18-39-42-27/h5-10,13-15,18,26,29H,4,11-12,16-17,19H2,1-3H3,(H2,37,41)(H,38,39,42)/t26-,33-/m1/s1. The van der Waals surface area contributed by atoms with Crippen molar-refractivity contribution in [1.82, 2.24) is 34.8 Å². The molecular formula is C33H36ClF2N9O4. The molecule has 3 N–H and O–H groups in total. The zero-order valence-electron chi connectivity index (χ0n) is 27.1. The predicted octanol–water partition coefficient (Wildman–Crippen LogP) is 5.73. The van der Waals surface area contributed by atoms with Gasteiger partial charge in [0.25, 0.3) is 5.91 Å². The summed E-state index contributed by atoms with van der Waals surface area (Å²) in [5.74, 6) is -0.0736. The van der Waals surface area contributed by atoms with E-state index in [4.69, 9.17) is 31.8 Å². The molecule has 2 aliphatic heterocycles. The Labute approximate surface area is 286 Å². The molecule has 16 heteroatoms. The molecule has 4 heterocycles. The Kier molecular flexibility index (Phi) is 9.40. The van der Waals surface area contributed by atoms with Crippen LogP contribution in [0.1, 0.15) is 57.3 Å². The maximum atomic E-state index is 14.9. The predicted molar refractivity (Wildman–Crippen MR) is 176 cm³/mol. The first-order valence-corrected chi connectivity index (χ1v) is 16.0. The van der Waals surface area contributed by atoms with Gasteiger partial charge in [-0.2, -0.15) is 19.0 Å². The molecule has 0 saturated carbocycles. The number of ether oxygens (including phenoxy) is 2. The Hall–Kier alpha value is -4.89. The number of carbonyl (C=O) groups is 2. The van der Waals surface area contributed by atoms with Crippen LogP contribution in [0.5, 0.6) is 0 Å². The Balaban J connectivity index is 1.38. The van der Waals surface area contributed by atoms with Gasteiger partial charge in [0, 0.05) is 23.9 Å². The monoisotopic (exact) mass is 695 g/mol. The summed E-state index contributed by atoms with van der Waals surface area (Å²) in [4.78, 5) is 39.9. The molecule has 1 saturated heterocycles. The van der Waals surface area contributed by atoms with Gasteiger partial charge in [0.2, 0.25) is 0 Å². The SMILES string of the molecule is CC(C)(C)C[C@]1(c2ccc(-c3cnn(C(F)F)c3)cc2)N=C(N)N([C@H](COC(=O)N2CCCOC2)c2ccc(Cl)c(-c3ncn[nH]3)c2)C1=O. The van der Waals surface area contributed by atoms with Gasteiger partial charge in [-0.05, 0) is 47.1 Å². The highest BCUT2D eigenvalue weighted by Gasteiger charge is 2.53. The number of benzene rings is 2. The third kappa shape index (κ3) is 6.99. The van der Waals surface area contributed by atoms with E-state index in [9.17, 15) is 18.4 Å². The average molecular weight is 696 g/mol. The third-order valence-electron chi connectivity index (χ3n) is 8.35. The molecule has 13 nitrogen and oxygen atoms in total. The number of aromatic nitrogens is 5. The summed E-state index contributed by atoms with van der Waals surface area (Å²) in [5.41, 5.74) is 7.56. The van der Waals surface area contributed by atoms with Crippen molar-refractivity contribution in [1.29, 1.82) is 0 Å². The van der Waals surface area contributed by atoms with Crippen molar-refractivity contribution in [3.63, 3.8) is 0 Å². The van der Waals surface area contributed by atoms with Gasteiger partial charge >= 0.3 is 12.6 Å². The molecule has 1 fully saturated rings. The highest BCUT2D eigenvalue weighted by Crippen LogP contribution is 2.45.